The van der Waals surface area contributed by atoms with Gasteiger partial charge in [0, 0.05) is 52.0 Å². The van der Waals surface area contributed by atoms with Crippen molar-refractivity contribution in [3.8, 4) is 0 Å². The second-order valence-corrected chi connectivity index (χ2v) is 7.88. The second kappa shape index (κ2) is 9.91. The van der Waals surface area contributed by atoms with Gasteiger partial charge in [0.15, 0.2) is 0 Å². The normalized spacial score (nSPS) is 17.9. The van der Waals surface area contributed by atoms with E-state index in [0.29, 0.717) is 45.9 Å². The summed E-state index contributed by atoms with van der Waals surface area (Å²) >= 11 is 0. The average Bonchev–Trinajstić information content (AvgIpc) is 3.27. The van der Waals surface area contributed by atoms with E-state index >= 15 is 0 Å². The summed E-state index contributed by atoms with van der Waals surface area (Å²) in [6.07, 6.45) is 2.88. The lowest BCUT2D eigenvalue weighted by molar-refractivity contribution is -0.136. The molecule has 1 aromatic carbocycles. The topological polar surface area (TPSA) is 58.0 Å². The molecule has 2 aliphatic rings. The zero-order chi connectivity index (χ0) is 20.8. The lowest BCUT2D eigenvalue weighted by atomic mass is 10.1. The molecule has 0 aliphatic carbocycles. The molecule has 30 heavy (non-hydrogen) atoms. The Morgan fingerprint density at radius 3 is 2.30 bits per heavy atom. The van der Waals surface area contributed by atoms with Crippen LogP contribution in [0.5, 0.6) is 0 Å². The van der Waals surface area contributed by atoms with Crippen molar-refractivity contribution in [1.29, 1.82) is 0 Å². The lowest BCUT2D eigenvalue weighted by Crippen LogP contribution is -2.52. The molecule has 0 unspecified atom stereocenters. The van der Waals surface area contributed by atoms with E-state index in [1.165, 1.54) is 5.56 Å². The van der Waals surface area contributed by atoms with Crippen molar-refractivity contribution in [3.63, 3.8) is 0 Å². The number of aromatic nitrogens is 1. The first-order valence-electron chi connectivity index (χ1n) is 10.8. The van der Waals surface area contributed by atoms with Crippen LogP contribution in [-0.4, -0.2) is 90.1 Å². The Morgan fingerprint density at radius 1 is 0.833 bits per heavy atom. The minimum absolute atomic E-state index is 0.0761. The molecule has 2 aromatic rings. The van der Waals surface area contributed by atoms with Gasteiger partial charge in [-0.05, 0) is 24.1 Å². The van der Waals surface area contributed by atoms with Gasteiger partial charge in [0.1, 0.15) is 5.69 Å². The molecule has 0 N–H and O–H groups in total. The Labute approximate surface area is 177 Å². The fraction of sp³-hybridized carbons (Fsp3) is 0.478. The highest BCUT2D eigenvalue weighted by Gasteiger charge is 2.26. The second-order valence-electron chi connectivity index (χ2n) is 7.88. The third kappa shape index (κ3) is 5.09. The van der Waals surface area contributed by atoms with Crippen LogP contribution in [0.4, 0.5) is 0 Å². The van der Waals surface area contributed by atoms with Crippen LogP contribution in [0.15, 0.2) is 48.7 Å². The number of morpholine rings is 1. The fourth-order valence-corrected chi connectivity index (χ4v) is 4.07. The van der Waals surface area contributed by atoms with Gasteiger partial charge in [-0.25, -0.2) is 0 Å². The van der Waals surface area contributed by atoms with E-state index in [1.54, 1.807) is 0 Å². The van der Waals surface area contributed by atoms with Crippen LogP contribution in [0.1, 0.15) is 16.1 Å². The number of benzene rings is 1. The first-order chi connectivity index (χ1) is 14.7. The Balaban J connectivity index is 1.27. The van der Waals surface area contributed by atoms with Crippen molar-refractivity contribution in [2.45, 2.75) is 13.0 Å². The number of nitrogens with zero attached hydrogens (tertiary/aromatic N) is 4. The number of carbonyl (C=O) groups is 2. The highest BCUT2D eigenvalue weighted by molar-refractivity contribution is 5.93. The van der Waals surface area contributed by atoms with Crippen LogP contribution in [-0.2, 0) is 22.5 Å². The number of rotatable bonds is 6. The van der Waals surface area contributed by atoms with Crippen molar-refractivity contribution in [2.75, 3.05) is 59.0 Å². The van der Waals surface area contributed by atoms with Gasteiger partial charge in [-0.1, -0.05) is 30.3 Å². The lowest BCUT2D eigenvalue weighted by Gasteiger charge is -2.36. The van der Waals surface area contributed by atoms with Gasteiger partial charge in [0.25, 0.3) is 5.91 Å². The number of piperazine rings is 1. The maximum Gasteiger partial charge on any atom is 0.270 e. The standard InChI is InChI=1S/C23H30N4O3/c28-22(26-15-17-30-18-16-26)19-24-11-13-27(14-12-24)23(29)21-7-4-9-25(21)10-8-20-5-2-1-3-6-20/h1-7,9H,8,10-19H2. The van der Waals surface area contributed by atoms with Crippen LogP contribution in [0.2, 0.25) is 0 Å². The van der Waals surface area contributed by atoms with Crippen molar-refractivity contribution in [3.05, 3.63) is 59.9 Å². The van der Waals surface area contributed by atoms with Crippen LogP contribution >= 0.6 is 0 Å². The number of hydrogen-bond acceptors (Lipinski definition) is 4. The number of carbonyl (C=O) groups excluding carboxylic acids is 2. The predicted molar refractivity (Wildman–Crippen MR) is 114 cm³/mol. The molecule has 160 valence electrons. The maximum absolute atomic E-state index is 13.1. The van der Waals surface area contributed by atoms with Crippen LogP contribution in [0.3, 0.4) is 0 Å². The molecule has 0 spiro atoms. The van der Waals surface area contributed by atoms with Crippen LogP contribution in [0.25, 0.3) is 0 Å². The minimum Gasteiger partial charge on any atom is -0.378 e. The number of hydrogen-bond donors (Lipinski definition) is 0. The highest BCUT2D eigenvalue weighted by atomic mass is 16.5. The van der Waals surface area contributed by atoms with Crippen molar-refractivity contribution in [2.24, 2.45) is 0 Å². The van der Waals surface area contributed by atoms with E-state index in [4.69, 9.17) is 4.74 Å². The monoisotopic (exact) mass is 410 g/mol. The summed E-state index contributed by atoms with van der Waals surface area (Å²) < 4.78 is 7.36. The summed E-state index contributed by atoms with van der Waals surface area (Å²) in [5, 5.41) is 0. The zero-order valence-electron chi connectivity index (χ0n) is 17.4. The summed E-state index contributed by atoms with van der Waals surface area (Å²) in [6, 6.07) is 14.2. The molecule has 2 amide bonds. The largest absolute Gasteiger partial charge is 0.378 e. The van der Waals surface area contributed by atoms with E-state index in [0.717, 1.165) is 31.7 Å². The molecule has 2 saturated heterocycles. The van der Waals surface area contributed by atoms with Gasteiger partial charge >= 0.3 is 0 Å². The summed E-state index contributed by atoms with van der Waals surface area (Å²) in [4.78, 5) is 31.4. The molecular formula is C23H30N4O3. The van der Waals surface area contributed by atoms with Gasteiger partial charge in [0.2, 0.25) is 5.91 Å². The first-order valence-corrected chi connectivity index (χ1v) is 10.8. The summed E-state index contributed by atoms with van der Waals surface area (Å²) in [5.74, 6) is 0.236. The number of ether oxygens (including phenoxy) is 1. The molecule has 7 heteroatoms. The van der Waals surface area contributed by atoms with E-state index in [1.807, 2.05) is 50.9 Å². The van der Waals surface area contributed by atoms with Crippen molar-refractivity contribution >= 4 is 11.8 Å². The molecule has 1 aromatic heterocycles. The first kappa shape index (κ1) is 20.6. The summed E-state index contributed by atoms with van der Waals surface area (Å²) in [7, 11) is 0. The fourth-order valence-electron chi connectivity index (χ4n) is 4.07. The van der Waals surface area contributed by atoms with E-state index < -0.39 is 0 Å². The molecule has 0 saturated carbocycles. The smallest absolute Gasteiger partial charge is 0.270 e. The predicted octanol–water partition coefficient (Wildman–Crippen LogP) is 1.35. The van der Waals surface area contributed by atoms with Gasteiger partial charge in [-0.2, -0.15) is 0 Å². The van der Waals surface area contributed by atoms with Crippen molar-refractivity contribution < 1.29 is 14.3 Å². The molecule has 0 atom stereocenters. The molecule has 7 nitrogen and oxygen atoms in total. The van der Waals surface area contributed by atoms with Crippen molar-refractivity contribution in [1.82, 2.24) is 19.3 Å². The van der Waals surface area contributed by atoms with E-state index in [9.17, 15) is 9.59 Å². The molecule has 2 fully saturated rings. The molecule has 3 heterocycles. The maximum atomic E-state index is 13.1. The Kier molecular flexibility index (Phi) is 6.81. The average molecular weight is 411 g/mol. The molecule has 2 aliphatic heterocycles. The van der Waals surface area contributed by atoms with Crippen LogP contribution < -0.4 is 0 Å². The van der Waals surface area contributed by atoms with Gasteiger partial charge in [0.05, 0.1) is 19.8 Å². The Hall–Kier alpha value is -2.64. The Bertz CT molecular complexity index is 837. The molecule has 4 rings (SSSR count). The van der Waals surface area contributed by atoms with E-state index in [2.05, 4.69) is 17.0 Å². The minimum atomic E-state index is 0.0761. The molecular weight excluding hydrogens is 380 g/mol. The molecule has 0 radical (unpaired) electrons. The summed E-state index contributed by atoms with van der Waals surface area (Å²) in [6.45, 7) is 6.57. The summed E-state index contributed by atoms with van der Waals surface area (Å²) in [5.41, 5.74) is 2.01. The SMILES string of the molecule is O=C(CN1CCN(C(=O)c2cccn2CCc2ccccc2)CC1)N1CCOCC1. The van der Waals surface area contributed by atoms with Gasteiger partial charge in [-0.15, -0.1) is 0 Å². The van der Waals surface area contributed by atoms with Gasteiger partial charge < -0.3 is 19.1 Å². The third-order valence-electron chi connectivity index (χ3n) is 5.92. The number of amides is 2. The molecule has 0 bridgehead atoms. The zero-order valence-corrected chi connectivity index (χ0v) is 17.4. The quantitative estimate of drug-likeness (QED) is 0.721. The van der Waals surface area contributed by atoms with Crippen LogP contribution in [0, 0.1) is 0 Å². The third-order valence-corrected chi connectivity index (χ3v) is 5.92. The number of aryl methyl sites for hydroxylation is 2. The van der Waals surface area contributed by atoms with Gasteiger partial charge in [-0.3, -0.25) is 14.5 Å². The highest BCUT2D eigenvalue weighted by Crippen LogP contribution is 2.12. The Morgan fingerprint density at radius 2 is 1.57 bits per heavy atom. The van der Waals surface area contributed by atoms with E-state index in [-0.39, 0.29) is 11.8 Å².